The second kappa shape index (κ2) is 24.0. The maximum absolute atomic E-state index is 11.0. The van der Waals surface area contributed by atoms with E-state index < -0.39 is 14.7 Å². The van der Waals surface area contributed by atoms with Gasteiger partial charge in [0.25, 0.3) is 0 Å². The van der Waals surface area contributed by atoms with Gasteiger partial charge in [-0.05, 0) is 113 Å². The smallest absolute Gasteiger partial charge is 0.463 e. The predicted molar refractivity (Wildman–Crippen MR) is 250 cm³/mol. The molecule has 1 unspecified atom stereocenters. The first-order valence-corrected chi connectivity index (χ1v) is 24.0. The van der Waals surface area contributed by atoms with Gasteiger partial charge in [-0.1, -0.05) is 181 Å². The quantitative estimate of drug-likeness (QED) is 0.0515. The van der Waals surface area contributed by atoms with Crippen LogP contribution in [0.5, 0.6) is 23.0 Å². The third-order valence-corrected chi connectivity index (χ3v) is 12.7. The molecule has 5 nitrogen and oxygen atoms in total. The normalized spacial score (nSPS) is 12.7. The highest BCUT2D eigenvalue weighted by Crippen LogP contribution is 2.47. The first kappa shape index (κ1) is 48.1. The molecule has 0 saturated carbocycles. The minimum Gasteiger partial charge on any atom is -0.508 e. The molecule has 0 aromatic heterocycles. The molecule has 324 valence electrons. The summed E-state index contributed by atoms with van der Waals surface area (Å²) in [6.45, 7) is 19.3. The summed E-state index contributed by atoms with van der Waals surface area (Å²) in [5, 5.41) is 21.9. The van der Waals surface area contributed by atoms with E-state index >= 15 is 0 Å². The van der Waals surface area contributed by atoms with Gasteiger partial charge >= 0.3 is 8.60 Å². The third kappa shape index (κ3) is 16.1. The summed E-state index contributed by atoms with van der Waals surface area (Å²) in [4.78, 5) is 0. The highest BCUT2D eigenvalue weighted by atomic mass is 31.2. The molecule has 59 heavy (non-hydrogen) atoms. The molecule has 0 fully saturated rings. The SMILES string of the molecule is CCCCCCCCCc1ccc(OP(Oc2ccc(CCCCCCCCC)cc2)OC(C)C(c2ccc(O)c(C(C)(C)C)c2)c2ccc(O)c(C(C)(C)C)c2)cc1. The molecule has 6 heteroatoms. The van der Waals surface area contributed by atoms with E-state index in [-0.39, 0.29) is 28.2 Å². The van der Waals surface area contributed by atoms with E-state index in [0.717, 1.165) is 35.1 Å². The Balaban J connectivity index is 1.59. The minimum absolute atomic E-state index is 0.260. The molecule has 4 aromatic rings. The van der Waals surface area contributed by atoms with Crippen LogP contribution in [-0.2, 0) is 28.2 Å². The zero-order valence-corrected chi connectivity index (χ0v) is 39.0. The van der Waals surface area contributed by atoms with E-state index in [2.05, 4.69) is 98.7 Å². The lowest BCUT2D eigenvalue weighted by Crippen LogP contribution is -2.22. The van der Waals surface area contributed by atoms with Crippen LogP contribution >= 0.6 is 8.60 Å². The Morgan fingerprint density at radius 1 is 0.492 bits per heavy atom. The number of aryl methyl sites for hydroxylation is 2. The Morgan fingerprint density at radius 2 is 0.847 bits per heavy atom. The molecule has 4 aromatic carbocycles. The van der Waals surface area contributed by atoms with Crippen LogP contribution in [0.3, 0.4) is 0 Å². The van der Waals surface area contributed by atoms with E-state index in [0.29, 0.717) is 11.5 Å². The summed E-state index contributed by atoms with van der Waals surface area (Å²) in [6, 6.07) is 28.6. The monoisotopic (exact) mass is 825 g/mol. The van der Waals surface area contributed by atoms with E-state index in [9.17, 15) is 10.2 Å². The number of hydrogen-bond donors (Lipinski definition) is 2. The van der Waals surface area contributed by atoms with Crippen LogP contribution in [0.4, 0.5) is 0 Å². The van der Waals surface area contributed by atoms with E-state index in [1.165, 1.54) is 101 Å². The van der Waals surface area contributed by atoms with Crippen molar-refractivity contribution in [3.05, 3.63) is 118 Å². The van der Waals surface area contributed by atoms with E-state index in [1.807, 2.05) is 36.4 Å². The lowest BCUT2D eigenvalue weighted by atomic mass is 9.79. The molecule has 0 aliphatic carbocycles. The molecule has 0 aliphatic heterocycles. The molecular formula is C53H77O5P. The number of unbranched alkanes of at least 4 members (excludes halogenated alkanes) is 12. The van der Waals surface area contributed by atoms with Gasteiger partial charge in [-0.3, -0.25) is 4.52 Å². The summed E-state index contributed by atoms with van der Waals surface area (Å²) in [6.07, 6.45) is 19.9. The average Bonchev–Trinajstić information content (AvgIpc) is 3.19. The fourth-order valence-electron chi connectivity index (χ4n) is 7.87. The van der Waals surface area contributed by atoms with Crippen molar-refractivity contribution in [2.24, 2.45) is 0 Å². The molecule has 2 N–H and O–H groups in total. The molecule has 0 saturated heterocycles. The van der Waals surface area contributed by atoms with Gasteiger partial charge in [0, 0.05) is 5.92 Å². The van der Waals surface area contributed by atoms with Crippen molar-refractivity contribution < 1.29 is 23.8 Å². The highest BCUT2D eigenvalue weighted by molar-refractivity contribution is 7.42. The number of aromatic hydroxyl groups is 2. The van der Waals surface area contributed by atoms with Crippen molar-refractivity contribution in [2.75, 3.05) is 0 Å². The van der Waals surface area contributed by atoms with Crippen molar-refractivity contribution in [3.8, 4) is 23.0 Å². The molecular weight excluding hydrogens is 748 g/mol. The lowest BCUT2D eigenvalue weighted by Gasteiger charge is -2.31. The molecule has 0 bridgehead atoms. The van der Waals surface area contributed by atoms with Crippen LogP contribution in [0.15, 0.2) is 84.9 Å². The molecule has 0 spiro atoms. The standard InChI is InChI=1S/C53H77O5P/c1-10-12-14-16-18-20-22-24-41-26-32-45(33-27-41)57-59(58-46-34-28-42(29-35-46)25-23-21-19-17-15-13-11-2)56-40(3)51(43-30-36-49(54)47(38-43)52(4,5)6)44-31-37-50(55)48(39-44)53(7,8)9/h26-40,51,54-55H,10-25H2,1-9H3. The van der Waals surface area contributed by atoms with Crippen molar-refractivity contribution in [2.45, 2.75) is 188 Å². The first-order valence-electron chi connectivity index (χ1n) is 22.9. The highest BCUT2D eigenvalue weighted by Gasteiger charge is 2.32. The van der Waals surface area contributed by atoms with Gasteiger partial charge in [-0.15, -0.1) is 0 Å². The van der Waals surface area contributed by atoms with Gasteiger partial charge in [0.05, 0.1) is 6.10 Å². The Hall–Kier alpha value is -3.53. The summed E-state index contributed by atoms with van der Waals surface area (Å²) < 4.78 is 20.2. The second-order valence-corrected chi connectivity index (χ2v) is 19.8. The zero-order valence-electron chi connectivity index (χ0n) is 38.1. The van der Waals surface area contributed by atoms with Crippen LogP contribution < -0.4 is 9.05 Å². The number of benzene rings is 4. The Bertz CT molecular complexity index is 1660. The third-order valence-electron chi connectivity index (χ3n) is 11.4. The molecule has 4 rings (SSSR count). The van der Waals surface area contributed by atoms with Crippen LogP contribution in [0.1, 0.15) is 192 Å². The zero-order chi connectivity index (χ0) is 42.8. The largest absolute Gasteiger partial charge is 0.508 e. The lowest BCUT2D eigenvalue weighted by molar-refractivity contribution is 0.178. The number of phenols is 2. The van der Waals surface area contributed by atoms with Gasteiger partial charge in [-0.2, -0.15) is 0 Å². The Morgan fingerprint density at radius 3 is 1.20 bits per heavy atom. The van der Waals surface area contributed by atoms with Crippen LogP contribution in [0, 0.1) is 0 Å². The van der Waals surface area contributed by atoms with E-state index in [4.69, 9.17) is 13.6 Å². The maximum Gasteiger partial charge on any atom is 0.463 e. The summed E-state index contributed by atoms with van der Waals surface area (Å²) in [7, 11) is -1.90. The molecule has 0 amide bonds. The molecule has 1 atom stereocenters. The Labute approximate surface area is 360 Å². The number of phenolic OH excluding ortho intramolecular Hbond substituents is 2. The van der Waals surface area contributed by atoms with Gasteiger partial charge in [0.2, 0.25) is 0 Å². The maximum atomic E-state index is 11.0. The molecule has 0 radical (unpaired) electrons. The van der Waals surface area contributed by atoms with Gasteiger partial charge in [0.15, 0.2) is 0 Å². The second-order valence-electron chi connectivity index (χ2n) is 18.8. The number of rotatable bonds is 25. The fraction of sp³-hybridized carbons (Fsp3) is 0.547. The summed E-state index contributed by atoms with van der Waals surface area (Å²) in [5.74, 6) is 1.70. The summed E-state index contributed by atoms with van der Waals surface area (Å²) >= 11 is 0. The molecule has 0 aliphatic rings. The van der Waals surface area contributed by atoms with Crippen LogP contribution in [-0.4, -0.2) is 16.3 Å². The Kier molecular flexibility index (Phi) is 19.6. The average molecular weight is 825 g/mol. The van der Waals surface area contributed by atoms with Gasteiger partial charge < -0.3 is 19.3 Å². The van der Waals surface area contributed by atoms with Gasteiger partial charge in [-0.25, -0.2) is 0 Å². The van der Waals surface area contributed by atoms with Crippen LogP contribution in [0.25, 0.3) is 0 Å². The van der Waals surface area contributed by atoms with E-state index in [1.54, 1.807) is 12.1 Å². The first-order chi connectivity index (χ1) is 28.2. The van der Waals surface area contributed by atoms with Crippen molar-refractivity contribution in [1.82, 2.24) is 0 Å². The minimum atomic E-state index is -1.90. The number of hydrogen-bond acceptors (Lipinski definition) is 5. The molecule has 0 heterocycles. The van der Waals surface area contributed by atoms with Crippen molar-refractivity contribution in [1.29, 1.82) is 0 Å². The summed E-state index contributed by atoms with van der Waals surface area (Å²) in [5.41, 5.74) is 5.81. The van der Waals surface area contributed by atoms with Crippen LogP contribution in [0.2, 0.25) is 0 Å². The van der Waals surface area contributed by atoms with Gasteiger partial charge in [0.1, 0.15) is 23.0 Å². The van der Waals surface area contributed by atoms with Crippen molar-refractivity contribution >= 4 is 8.60 Å². The van der Waals surface area contributed by atoms with Crippen molar-refractivity contribution in [3.63, 3.8) is 0 Å². The fourth-order valence-corrected chi connectivity index (χ4v) is 8.97. The topological polar surface area (TPSA) is 68.2 Å². The predicted octanol–water partition coefficient (Wildman–Crippen LogP) is 16.2.